The van der Waals surface area contributed by atoms with E-state index in [9.17, 15) is 4.79 Å². The molecular weight excluding hydrogens is 250 g/mol. The summed E-state index contributed by atoms with van der Waals surface area (Å²) in [4.78, 5) is 14.8. The van der Waals surface area contributed by atoms with E-state index in [2.05, 4.69) is 4.90 Å². The van der Waals surface area contributed by atoms with E-state index < -0.39 is 0 Å². The standard InChI is InChI=1S/C17H25NO2/c1-18(2)17(12-4-5-13-17)16(19)11-8-14-6-9-15(20-3)10-7-14/h6-7,9-10H,4-5,8,11-13H2,1-3H3. The third kappa shape index (κ3) is 3.04. The number of benzene rings is 1. The fourth-order valence-electron chi connectivity index (χ4n) is 3.22. The molecule has 1 aromatic rings. The van der Waals surface area contributed by atoms with Gasteiger partial charge in [-0.15, -0.1) is 0 Å². The van der Waals surface area contributed by atoms with E-state index >= 15 is 0 Å². The fraction of sp³-hybridized carbons (Fsp3) is 0.588. The van der Waals surface area contributed by atoms with Crippen molar-refractivity contribution in [2.45, 2.75) is 44.1 Å². The molecule has 3 nitrogen and oxygen atoms in total. The summed E-state index contributed by atoms with van der Waals surface area (Å²) in [5.74, 6) is 1.26. The van der Waals surface area contributed by atoms with Crippen molar-refractivity contribution >= 4 is 5.78 Å². The van der Waals surface area contributed by atoms with Crippen molar-refractivity contribution in [1.29, 1.82) is 0 Å². The van der Waals surface area contributed by atoms with Gasteiger partial charge in [0.25, 0.3) is 0 Å². The zero-order valence-corrected chi connectivity index (χ0v) is 12.8. The van der Waals surface area contributed by atoms with Gasteiger partial charge in [0, 0.05) is 6.42 Å². The van der Waals surface area contributed by atoms with Crippen molar-refractivity contribution in [3.8, 4) is 5.75 Å². The average molecular weight is 275 g/mol. The van der Waals surface area contributed by atoms with Crippen LogP contribution in [0.25, 0.3) is 0 Å². The number of nitrogens with zero attached hydrogens (tertiary/aromatic N) is 1. The maximum atomic E-state index is 12.6. The van der Waals surface area contributed by atoms with Gasteiger partial charge in [0.15, 0.2) is 5.78 Å². The van der Waals surface area contributed by atoms with Crippen LogP contribution in [0.5, 0.6) is 5.75 Å². The Labute approximate surface area is 121 Å². The molecule has 0 saturated heterocycles. The second kappa shape index (κ2) is 6.40. The lowest BCUT2D eigenvalue weighted by Gasteiger charge is -2.34. The second-order valence-electron chi connectivity index (χ2n) is 5.90. The van der Waals surface area contributed by atoms with Crippen LogP contribution in [0.1, 0.15) is 37.7 Å². The maximum absolute atomic E-state index is 12.6. The van der Waals surface area contributed by atoms with E-state index in [-0.39, 0.29) is 5.54 Å². The summed E-state index contributed by atoms with van der Waals surface area (Å²) >= 11 is 0. The Morgan fingerprint density at radius 2 is 1.80 bits per heavy atom. The lowest BCUT2D eigenvalue weighted by Crippen LogP contribution is -2.48. The molecule has 2 rings (SSSR count). The Balaban J connectivity index is 1.96. The van der Waals surface area contributed by atoms with Gasteiger partial charge in [0.2, 0.25) is 0 Å². The molecule has 1 saturated carbocycles. The monoisotopic (exact) mass is 275 g/mol. The minimum absolute atomic E-state index is 0.202. The quantitative estimate of drug-likeness (QED) is 0.799. The number of carbonyl (C=O) groups is 1. The summed E-state index contributed by atoms with van der Waals surface area (Å²) < 4.78 is 5.15. The minimum atomic E-state index is -0.202. The predicted molar refractivity (Wildman–Crippen MR) is 81.2 cm³/mol. The Hall–Kier alpha value is -1.35. The number of hydrogen-bond donors (Lipinski definition) is 0. The largest absolute Gasteiger partial charge is 0.497 e. The molecule has 0 aliphatic heterocycles. The predicted octanol–water partition coefficient (Wildman–Crippen LogP) is 3.07. The zero-order valence-electron chi connectivity index (χ0n) is 12.8. The highest BCUT2D eigenvalue weighted by Gasteiger charge is 2.41. The van der Waals surface area contributed by atoms with Crippen LogP contribution in [0.4, 0.5) is 0 Å². The highest BCUT2D eigenvalue weighted by Crippen LogP contribution is 2.35. The Bertz CT molecular complexity index is 445. The molecule has 3 heteroatoms. The molecule has 110 valence electrons. The summed E-state index contributed by atoms with van der Waals surface area (Å²) in [7, 11) is 5.74. The Morgan fingerprint density at radius 3 is 2.30 bits per heavy atom. The normalized spacial score (nSPS) is 17.4. The lowest BCUT2D eigenvalue weighted by atomic mass is 9.87. The summed E-state index contributed by atoms with van der Waals surface area (Å²) in [6.07, 6.45) is 5.82. The van der Waals surface area contributed by atoms with Crippen LogP contribution in [0.15, 0.2) is 24.3 Å². The maximum Gasteiger partial charge on any atom is 0.153 e. The first-order chi connectivity index (χ1) is 9.58. The molecule has 0 atom stereocenters. The molecule has 0 bridgehead atoms. The van der Waals surface area contributed by atoms with Crippen molar-refractivity contribution in [3.05, 3.63) is 29.8 Å². The van der Waals surface area contributed by atoms with Crippen LogP contribution in [0.2, 0.25) is 0 Å². The number of ketones is 1. The van der Waals surface area contributed by atoms with Crippen LogP contribution in [0.3, 0.4) is 0 Å². The van der Waals surface area contributed by atoms with Gasteiger partial charge in [-0.1, -0.05) is 25.0 Å². The van der Waals surface area contributed by atoms with Crippen molar-refractivity contribution in [1.82, 2.24) is 4.90 Å². The van der Waals surface area contributed by atoms with E-state index in [0.29, 0.717) is 12.2 Å². The smallest absolute Gasteiger partial charge is 0.153 e. The van der Waals surface area contributed by atoms with Crippen LogP contribution < -0.4 is 4.74 Å². The van der Waals surface area contributed by atoms with E-state index in [1.807, 2.05) is 38.4 Å². The number of methoxy groups -OCH3 is 1. The minimum Gasteiger partial charge on any atom is -0.497 e. The number of ether oxygens (including phenoxy) is 1. The first-order valence-corrected chi connectivity index (χ1v) is 7.42. The number of carbonyl (C=O) groups excluding carboxylic acids is 1. The van der Waals surface area contributed by atoms with E-state index in [4.69, 9.17) is 4.74 Å². The molecular formula is C17H25NO2. The van der Waals surface area contributed by atoms with Gasteiger partial charge < -0.3 is 4.74 Å². The first-order valence-electron chi connectivity index (χ1n) is 7.42. The van der Waals surface area contributed by atoms with Crippen LogP contribution in [-0.2, 0) is 11.2 Å². The van der Waals surface area contributed by atoms with Crippen molar-refractivity contribution in [2.75, 3.05) is 21.2 Å². The van der Waals surface area contributed by atoms with E-state index in [1.54, 1.807) is 7.11 Å². The summed E-state index contributed by atoms with van der Waals surface area (Å²) in [6.45, 7) is 0. The number of aryl methyl sites for hydroxylation is 1. The molecule has 0 amide bonds. The van der Waals surface area contributed by atoms with Gasteiger partial charge in [-0.2, -0.15) is 0 Å². The fourth-order valence-corrected chi connectivity index (χ4v) is 3.22. The molecule has 0 radical (unpaired) electrons. The van der Waals surface area contributed by atoms with Gasteiger partial charge in [-0.25, -0.2) is 0 Å². The van der Waals surface area contributed by atoms with Crippen molar-refractivity contribution < 1.29 is 9.53 Å². The molecule has 0 aromatic heterocycles. The molecule has 0 heterocycles. The van der Waals surface area contributed by atoms with Crippen molar-refractivity contribution in [2.24, 2.45) is 0 Å². The van der Waals surface area contributed by atoms with Crippen LogP contribution >= 0.6 is 0 Å². The molecule has 1 fully saturated rings. The zero-order chi connectivity index (χ0) is 14.6. The number of likely N-dealkylation sites (N-methyl/N-ethyl adjacent to an activating group) is 1. The van der Waals surface area contributed by atoms with Gasteiger partial charge in [-0.3, -0.25) is 9.69 Å². The van der Waals surface area contributed by atoms with Gasteiger partial charge in [0.05, 0.1) is 12.6 Å². The Kier molecular flexibility index (Phi) is 4.81. The van der Waals surface area contributed by atoms with Crippen molar-refractivity contribution in [3.63, 3.8) is 0 Å². The molecule has 1 aliphatic carbocycles. The highest BCUT2D eigenvalue weighted by atomic mass is 16.5. The highest BCUT2D eigenvalue weighted by molar-refractivity contribution is 5.88. The third-order valence-corrected chi connectivity index (χ3v) is 4.61. The van der Waals surface area contributed by atoms with Crippen LogP contribution in [-0.4, -0.2) is 37.4 Å². The molecule has 20 heavy (non-hydrogen) atoms. The van der Waals surface area contributed by atoms with Crippen LogP contribution in [0, 0.1) is 0 Å². The third-order valence-electron chi connectivity index (χ3n) is 4.61. The molecule has 0 N–H and O–H groups in total. The second-order valence-corrected chi connectivity index (χ2v) is 5.90. The molecule has 0 spiro atoms. The number of rotatable bonds is 6. The van der Waals surface area contributed by atoms with Gasteiger partial charge in [0.1, 0.15) is 5.75 Å². The molecule has 1 aliphatic rings. The topological polar surface area (TPSA) is 29.5 Å². The van der Waals surface area contributed by atoms with Gasteiger partial charge >= 0.3 is 0 Å². The lowest BCUT2D eigenvalue weighted by molar-refractivity contribution is -0.129. The summed E-state index contributed by atoms with van der Waals surface area (Å²) in [5, 5.41) is 0. The summed E-state index contributed by atoms with van der Waals surface area (Å²) in [5.41, 5.74) is 0.998. The van der Waals surface area contributed by atoms with E-state index in [0.717, 1.165) is 25.0 Å². The molecule has 0 unspecified atom stereocenters. The Morgan fingerprint density at radius 1 is 1.20 bits per heavy atom. The number of hydrogen-bond acceptors (Lipinski definition) is 3. The SMILES string of the molecule is COc1ccc(CCC(=O)C2(N(C)C)CCCC2)cc1. The average Bonchev–Trinajstić information content (AvgIpc) is 2.96. The van der Waals surface area contributed by atoms with Gasteiger partial charge in [-0.05, 0) is 51.1 Å². The van der Waals surface area contributed by atoms with E-state index in [1.165, 1.54) is 18.4 Å². The first kappa shape index (κ1) is 15.0. The molecule has 1 aromatic carbocycles. The summed E-state index contributed by atoms with van der Waals surface area (Å²) in [6, 6.07) is 8.00. The number of Topliss-reactive ketones (excluding diaryl/α,β-unsaturated/α-hetero) is 1.